The van der Waals surface area contributed by atoms with Gasteiger partial charge in [0.05, 0.1) is 5.88 Å². The van der Waals surface area contributed by atoms with Crippen LogP contribution in [0.4, 0.5) is 0 Å². The van der Waals surface area contributed by atoms with Crippen molar-refractivity contribution in [3.8, 4) is 0 Å². The predicted molar refractivity (Wildman–Crippen MR) is 191 cm³/mol. The van der Waals surface area contributed by atoms with Gasteiger partial charge in [0.15, 0.2) is 0 Å². The number of esters is 3. The van der Waals surface area contributed by atoms with Crippen molar-refractivity contribution >= 4 is 29.5 Å². The molecule has 0 bridgehead atoms. The van der Waals surface area contributed by atoms with Crippen LogP contribution in [-0.2, 0) is 23.9 Å². The summed E-state index contributed by atoms with van der Waals surface area (Å²) in [5, 5.41) is 0. The van der Waals surface area contributed by atoms with Gasteiger partial charge in [0.25, 0.3) is 0 Å². The number of hydrogen-bond donors (Lipinski definition) is 0. The van der Waals surface area contributed by atoms with Crippen LogP contribution in [-0.4, -0.2) is 29.9 Å². The van der Waals surface area contributed by atoms with Crippen molar-refractivity contribution in [2.75, 3.05) is 5.88 Å². The molecule has 45 heavy (non-hydrogen) atoms. The maximum atomic E-state index is 12.3. The molecule has 5 nitrogen and oxygen atoms in total. The number of hydrogen-bond acceptors (Lipinski definition) is 5. The molecule has 0 rings (SSSR count). The zero-order chi connectivity index (χ0) is 33.1. The van der Waals surface area contributed by atoms with Crippen LogP contribution in [0.25, 0.3) is 0 Å². The molecule has 0 N–H and O–H groups in total. The highest BCUT2D eigenvalue weighted by Gasteiger charge is 2.25. The summed E-state index contributed by atoms with van der Waals surface area (Å²) >= 11 is 5.84. The second-order valence-electron chi connectivity index (χ2n) is 13.3. The lowest BCUT2D eigenvalue weighted by Gasteiger charge is -2.13. The van der Waals surface area contributed by atoms with Crippen molar-refractivity contribution in [1.29, 1.82) is 0 Å². The average Bonchev–Trinajstić information content (AvgIpc) is 3.03. The lowest BCUT2D eigenvalue weighted by molar-refractivity contribution is -0.173. The van der Waals surface area contributed by atoms with E-state index in [9.17, 15) is 14.4 Å². The second-order valence-corrected chi connectivity index (χ2v) is 13.6. The van der Waals surface area contributed by atoms with E-state index >= 15 is 0 Å². The summed E-state index contributed by atoms with van der Waals surface area (Å²) in [6.45, 7) is 4.53. The molecule has 0 saturated carbocycles. The van der Waals surface area contributed by atoms with E-state index in [-0.39, 0.29) is 18.7 Å². The predicted octanol–water partition coefficient (Wildman–Crippen LogP) is 12.7. The minimum atomic E-state index is -1.22. The van der Waals surface area contributed by atoms with Crippen LogP contribution in [0.1, 0.15) is 219 Å². The summed E-state index contributed by atoms with van der Waals surface area (Å²) < 4.78 is 10.1. The first kappa shape index (κ1) is 43.9. The molecule has 0 amide bonds. The number of unbranched alkanes of at least 4 members (excludes halogenated alkanes) is 28. The van der Waals surface area contributed by atoms with Crippen LogP contribution in [0.15, 0.2) is 0 Å². The van der Waals surface area contributed by atoms with Gasteiger partial charge in [0.1, 0.15) is 0 Å². The number of carbonyl (C=O) groups is 3. The number of halogens is 1. The molecule has 0 aromatic rings. The molecule has 0 aromatic carbocycles. The molecule has 0 spiro atoms. The van der Waals surface area contributed by atoms with Crippen LogP contribution < -0.4 is 0 Å². The van der Waals surface area contributed by atoms with E-state index in [4.69, 9.17) is 21.1 Å². The zero-order valence-corrected chi connectivity index (χ0v) is 30.6. The molecule has 0 saturated heterocycles. The number of carbonyl (C=O) groups excluding carboxylic acids is 3. The normalized spacial score (nSPS) is 11.9. The summed E-state index contributed by atoms with van der Waals surface area (Å²) in [5.74, 6) is -2.10. The first-order valence-electron chi connectivity index (χ1n) is 19.5. The molecule has 1 atom stereocenters. The summed E-state index contributed by atoms with van der Waals surface area (Å²) in [6, 6.07) is 0. The van der Waals surface area contributed by atoms with E-state index in [1.165, 1.54) is 154 Å². The third-order valence-corrected chi connectivity index (χ3v) is 9.14. The van der Waals surface area contributed by atoms with Gasteiger partial charge in [-0.3, -0.25) is 9.59 Å². The summed E-state index contributed by atoms with van der Waals surface area (Å²) in [7, 11) is 0. The molecule has 0 fully saturated rings. The van der Waals surface area contributed by atoms with Crippen molar-refractivity contribution in [3.05, 3.63) is 0 Å². The molecular weight excluding hydrogens is 584 g/mol. The monoisotopic (exact) mass is 657 g/mol. The Kier molecular flexibility index (Phi) is 34.9. The van der Waals surface area contributed by atoms with Gasteiger partial charge in [-0.05, 0) is 12.8 Å². The SMILES string of the molecule is CCCCCCCCCCCCCCCCCC(=O)OC(=O)C(CCl)OC(=O)CCCCCCCCCCCCCCCCC. The smallest absolute Gasteiger partial charge is 0.356 e. The maximum Gasteiger partial charge on any atom is 0.356 e. The van der Waals surface area contributed by atoms with Crippen molar-refractivity contribution in [1.82, 2.24) is 0 Å². The summed E-state index contributed by atoms with van der Waals surface area (Å²) in [4.78, 5) is 36.6. The van der Waals surface area contributed by atoms with Gasteiger partial charge in [0.2, 0.25) is 6.10 Å². The molecule has 6 heteroatoms. The van der Waals surface area contributed by atoms with Crippen LogP contribution in [0.3, 0.4) is 0 Å². The van der Waals surface area contributed by atoms with E-state index < -0.39 is 24.0 Å². The van der Waals surface area contributed by atoms with Crippen LogP contribution >= 0.6 is 11.6 Å². The van der Waals surface area contributed by atoms with Gasteiger partial charge >= 0.3 is 17.9 Å². The van der Waals surface area contributed by atoms with Crippen LogP contribution in [0.2, 0.25) is 0 Å². The van der Waals surface area contributed by atoms with Gasteiger partial charge in [-0.1, -0.05) is 194 Å². The lowest BCUT2D eigenvalue weighted by atomic mass is 10.0. The Morgan fingerprint density at radius 2 is 0.689 bits per heavy atom. The van der Waals surface area contributed by atoms with Crippen molar-refractivity contribution < 1.29 is 23.9 Å². The second kappa shape index (κ2) is 35.7. The fraction of sp³-hybridized carbons (Fsp3) is 0.923. The molecule has 0 aliphatic carbocycles. The zero-order valence-electron chi connectivity index (χ0n) is 29.8. The molecule has 1 unspecified atom stereocenters. The van der Waals surface area contributed by atoms with Crippen molar-refractivity contribution in [2.24, 2.45) is 0 Å². The first-order chi connectivity index (χ1) is 22.0. The van der Waals surface area contributed by atoms with E-state index in [0.717, 1.165) is 32.1 Å². The first-order valence-corrected chi connectivity index (χ1v) is 20.1. The third kappa shape index (κ3) is 32.6. The van der Waals surface area contributed by atoms with Crippen LogP contribution in [0, 0.1) is 0 Å². The minimum absolute atomic E-state index is 0.200. The topological polar surface area (TPSA) is 69.7 Å². The van der Waals surface area contributed by atoms with Crippen molar-refractivity contribution in [3.63, 3.8) is 0 Å². The van der Waals surface area contributed by atoms with Crippen molar-refractivity contribution in [2.45, 2.75) is 225 Å². The average molecular weight is 657 g/mol. The van der Waals surface area contributed by atoms with Gasteiger partial charge in [-0.2, -0.15) is 0 Å². The standard InChI is InChI=1S/C39H73ClO5/c1-3-5-7-9-11-13-15-17-19-21-23-25-27-29-31-33-37(41)44-36(35-40)39(43)45-38(42)34-32-30-28-26-24-22-20-18-16-14-12-10-8-6-4-2/h36H,3-35H2,1-2H3. The lowest BCUT2D eigenvalue weighted by Crippen LogP contribution is -2.32. The Morgan fingerprint density at radius 1 is 0.422 bits per heavy atom. The Labute approximate surface area is 284 Å². The Hall–Kier alpha value is -1.10. The summed E-state index contributed by atoms with van der Waals surface area (Å²) in [6.07, 6.45) is 37.0. The molecule has 0 aromatic heterocycles. The Morgan fingerprint density at radius 3 is 0.978 bits per heavy atom. The fourth-order valence-electron chi connectivity index (χ4n) is 5.87. The van der Waals surface area contributed by atoms with E-state index in [1.54, 1.807) is 0 Å². The Bertz CT molecular complexity index is 668. The molecule has 0 aliphatic heterocycles. The van der Waals surface area contributed by atoms with Gasteiger partial charge in [-0.15, -0.1) is 11.6 Å². The largest absolute Gasteiger partial charge is 0.449 e. The third-order valence-electron chi connectivity index (χ3n) is 8.86. The molecule has 0 radical (unpaired) electrons. The number of rotatable bonds is 35. The fourth-order valence-corrected chi connectivity index (χ4v) is 6.06. The van der Waals surface area contributed by atoms with Gasteiger partial charge < -0.3 is 9.47 Å². The van der Waals surface area contributed by atoms with Gasteiger partial charge in [0, 0.05) is 12.8 Å². The quantitative estimate of drug-likeness (QED) is 0.0294. The number of ether oxygens (including phenoxy) is 2. The van der Waals surface area contributed by atoms with E-state index in [0.29, 0.717) is 6.42 Å². The summed E-state index contributed by atoms with van der Waals surface area (Å²) in [5.41, 5.74) is 0. The highest BCUT2D eigenvalue weighted by molar-refractivity contribution is 6.19. The molecule has 0 heterocycles. The van der Waals surface area contributed by atoms with E-state index in [1.807, 2.05) is 0 Å². The van der Waals surface area contributed by atoms with E-state index in [2.05, 4.69) is 13.8 Å². The highest BCUT2D eigenvalue weighted by atomic mass is 35.5. The molecular formula is C39H73ClO5. The minimum Gasteiger partial charge on any atom is -0.449 e. The van der Waals surface area contributed by atoms with Crippen LogP contribution in [0.5, 0.6) is 0 Å². The molecule has 266 valence electrons. The number of alkyl halides is 1. The Balaban J connectivity index is 3.63. The maximum absolute atomic E-state index is 12.3. The van der Waals surface area contributed by atoms with Gasteiger partial charge in [-0.25, -0.2) is 4.79 Å². The highest BCUT2D eigenvalue weighted by Crippen LogP contribution is 2.16. The molecule has 0 aliphatic rings.